The molecular weight excluding hydrogens is 248 g/mol. The van der Waals surface area contributed by atoms with Crippen LogP contribution in [0, 0.1) is 0 Å². The van der Waals surface area contributed by atoms with Gasteiger partial charge in [0.25, 0.3) is 0 Å². The number of nitrogens with zero attached hydrogens (tertiary/aromatic N) is 1. The summed E-state index contributed by atoms with van der Waals surface area (Å²) in [6.07, 6.45) is 2.71. The molecule has 0 radical (unpaired) electrons. The fraction of sp³-hybridized carbons (Fsp3) is 0.308. The van der Waals surface area contributed by atoms with E-state index in [4.69, 9.17) is 10.5 Å². The van der Waals surface area contributed by atoms with Gasteiger partial charge in [-0.25, -0.2) is 4.79 Å². The standard InChI is InChI=1S/C13H16N2O2S/c1-2-5-15-8-10(14)7-12(15)13(16)17-9-11-4-3-6-18-11/h3-4,6-8H,2,5,9,14H2,1H3. The first-order valence-corrected chi connectivity index (χ1v) is 6.74. The highest BCUT2D eigenvalue weighted by molar-refractivity contribution is 7.09. The van der Waals surface area contributed by atoms with Gasteiger partial charge in [-0.15, -0.1) is 11.3 Å². The molecule has 0 aromatic carbocycles. The number of carbonyl (C=O) groups is 1. The van der Waals surface area contributed by atoms with Crippen LogP contribution >= 0.6 is 11.3 Å². The molecule has 2 aromatic rings. The molecule has 2 aromatic heterocycles. The second-order valence-corrected chi connectivity index (χ2v) is 5.04. The van der Waals surface area contributed by atoms with Crippen molar-refractivity contribution >= 4 is 23.0 Å². The van der Waals surface area contributed by atoms with E-state index in [9.17, 15) is 4.79 Å². The van der Waals surface area contributed by atoms with Crippen molar-refractivity contribution in [3.8, 4) is 0 Å². The van der Waals surface area contributed by atoms with Crippen molar-refractivity contribution in [3.63, 3.8) is 0 Å². The van der Waals surface area contributed by atoms with Gasteiger partial charge in [-0.3, -0.25) is 0 Å². The number of thiophene rings is 1. The molecule has 0 amide bonds. The predicted molar refractivity (Wildman–Crippen MR) is 72.6 cm³/mol. The average molecular weight is 264 g/mol. The van der Waals surface area contributed by atoms with Crippen LogP contribution in [0.5, 0.6) is 0 Å². The van der Waals surface area contributed by atoms with Gasteiger partial charge in [0.2, 0.25) is 0 Å². The van der Waals surface area contributed by atoms with E-state index in [1.165, 1.54) is 0 Å². The lowest BCUT2D eigenvalue weighted by Crippen LogP contribution is -2.11. The topological polar surface area (TPSA) is 57.2 Å². The zero-order valence-electron chi connectivity index (χ0n) is 10.3. The van der Waals surface area contributed by atoms with Gasteiger partial charge in [-0.2, -0.15) is 0 Å². The predicted octanol–water partition coefficient (Wildman–Crippen LogP) is 2.90. The van der Waals surface area contributed by atoms with Crippen molar-refractivity contribution in [1.29, 1.82) is 0 Å². The molecule has 0 aliphatic heterocycles. The molecule has 2 rings (SSSR count). The van der Waals surface area contributed by atoms with Gasteiger partial charge in [0, 0.05) is 17.6 Å². The molecule has 0 atom stereocenters. The molecule has 2 heterocycles. The summed E-state index contributed by atoms with van der Waals surface area (Å²) in [6.45, 7) is 3.13. The number of hydrogen-bond acceptors (Lipinski definition) is 4. The van der Waals surface area contributed by atoms with Crippen molar-refractivity contribution in [2.24, 2.45) is 0 Å². The molecule has 0 unspecified atom stereocenters. The van der Waals surface area contributed by atoms with Crippen LogP contribution in [-0.4, -0.2) is 10.5 Å². The SMILES string of the molecule is CCCn1cc(N)cc1C(=O)OCc1cccs1. The Labute approximate surface area is 110 Å². The number of aromatic nitrogens is 1. The average Bonchev–Trinajstić information content (AvgIpc) is 2.96. The number of rotatable bonds is 5. The molecule has 0 aliphatic carbocycles. The van der Waals surface area contributed by atoms with E-state index in [0.717, 1.165) is 17.8 Å². The number of aryl methyl sites for hydroxylation is 1. The first-order chi connectivity index (χ1) is 8.70. The van der Waals surface area contributed by atoms with Crippen LogP contribution in [0.3, 0.4) is 0 Å². The second kappa shape index (κ2) is 5.73. The van der Waals surface area contributed by atoms with Crippen LogP contribution in [0.2, 0.25) is 0 Å². The first kappa shape index (κ1) is 12.7. The largest absolute Gasteiger partial charge is 0.455 e. The zero-order chi connectivity index (χ0) is 13.0. The van der Waals surface area contributed by atoms with Gasteiger partial charge in [0.15, 0.2) is 0 Å². The van der Waals surface area contributed by atoms with Crippen molar-refractivity contribution in [1.82, 2.24) is 4.57 Å². The van der Waals surface area contributed by atoms with Gasteiger partial charge < -0.3 is 15.0 Å². The minimum Gasteiger partial charge on any atom is -0.455 e. The van der Waals surface area contributed by atoms with Crippen LogP contribution < -0.4 is 5.73 Å². The number of nitrogens with two attached hydrogens (primary N) is 1. The van der Waals surface area contributed by atoms with E-state index in [-0.39, 0.29) is 5.97 Å². The molecule has 0 saturated heterocycles. The molecular formula is C13H16N2O2S. The van der Waals surface area contributed by atoms with E-state index in [1.54, 1.807) is 23.6 Å². The maximum absolute atomic E-state index is 12.0. The molecule has 0 fully saturated rings. The summed E-state index contributed by atoms with van der Waals surface area (Å²) in [5.41, 5.74) is 6.82. The molecule has 96 valence electrons. The Morgan fingerprint density at radius 3 is 3.06 bits per heavy atom. The summed E-state index contributed by atoms with van der Waals surface area (Å²) in [6, 6.07) is 5.54. The Balaban J connectivity index is 2.03. The zero-order valence-corrected chi connectivity index (χ0v) is 11.1. The highest BCUT2D eigenvalue weighted by Crippen LogP contribution is 2.15. The van der Waals surface area contributed by atoms with Crippen molar-refractivity contribution < 1.29 is 9.53 Å². The molecule has 4 nitrogen and oxygen atoms in total. The normalized spacial score (nSPS) is 10.5. The minimum atomic E-state index is -0.325. The number of carbonyl (C=O) groups excluding carboxylic acids is 1. The lowest BCUT2D eigenvalue weighted by atomic mass is 10.4. The van der Waals surface area contributed by atoms with Gasteiger partial charge in [-0.05, 0) is 23.9 Å². The van der Waals surface area contributed by atoms with Gasteiger partial charge >= 0.3 is 5.97 Å². The van der Waals surface area contributed by atoms with Gasteiger partial charge in [0.1, 0.15) is 12.3 Å². The number of anilines is 1. The Hall–Kier alpha value is -1.75. The summed E-state index contributed by atoms with van der Waals surface area (Å²) < 4.78 is 7.11. The number of hydrogen-bond donors (Lipinski definition) is 1. The third kappa shape index (κ3) is 2.92. The summed E-state index contributed by atoms with van der Waals surface area (Å²) in [7, 11) is 0. The Bertz CT molecular complexity index is 517. The lowest BCUT2D eigenvalue weighted by molar-refractivity contribution is 0.0464. The van der Waals surface area contributed by atoms with E-state index in [1.807, 2.05) is 22.1 Å². The van der Waals surface area contributed by atoms with Crippen LogP contribution in [0.25, 0.3) is 0 Å². The molecule has 0 spiro atoms. The highest BCUT2D eigenvalue weighted by atomic mass is 32.1. The molecule has 5 heteroatoms. The third-order valence-electron chi connectivity index (χ3n) is 2.52. The van der Waals surface area contributed by atoms with Crippen molar-refractivity contribution in [2.75, 3.05) is 5.73 Å². The van der Waals surface area contributed by atoms with Gasteiger partial charge in [-0.1, -0.05) is 13.0 Å². The van der Waals surface area contributed by atoms with E-state index >= 15 is 0 Å². The first-order valence-electron chi connectivity index (χ1n) is 5.86. The summed E-state index contributed by atoms with van der Waals surface area (Å²) >= 11 is 1.57. The molecule has 18 heavy (non-hydrogen) atoms. The number of nitrogen functional groups attached to an aromatic ring is 1. The van der Waals surface area contributed by atoms with Crippen LogP contribution in [0.1, 0.15) is 28.7 Å². The van der Waals surface area contributed by atoms with Crippen molar-refractivity contribution in [2.45, 2.75) is 26.5 Å². The monoisotopic (exact) mass is 264 g/mol. The molecule has 0 aliphatic rings. The van der Waals surface area contributed by atoms with E-state index in [2.05, 4.69) is 6.92 Å². The smallest absolute Gasteiger partial charge is 0.355 e. The fourth-order valence-electron chi connectivity index (χ4n) is 1.73. The fourth-order valence-corrected chi connectivity index (χ4v) is 2.35. The highest BCUT2D eigenvalue weighted by Gasteiger charge is 2.14. The van der Waals surface area contributed by atoms with Crippen LogP contribution in [0.4, 0.5) is 5.69 Å². The quantitative estimate of drug-likeness (QED) is 0.845. The Morgan fingerprint density at radius 2 is 2.39 bits per heavy atom. The summed E-state index contributed by atoms with van der Waals surface area (Å²) in [5, 5.41) is 1.96. The number of esters is 1. The maximum atomic E-state index is 12.0. The molecule has 0 bridgehead atoms. The summed E-state index contributed by atoms with van der Waals surface area (Å²) in [5.74, 6) is -0.325. The maximum Gasteiger partial charge on any atom is 0.355 e. The third-order valence-corrected chi connectivity index (χ3v) is 3.37. The molecule has 2 N–H and O–H groups in total. The Kier molecular flexibility index (Phi) is 4.04. The summed E-state index contributed by atoms with van der Waals surface area (Å²) in [4.78, 5) is 13.0. The van der Waals surface area contributed by atoms with Crippen LogP contribution in [0.15, 0.2) is 29.8 Å². The van der Waals surface area contributed by atoms with Crippen LogP contribution in [-0.2, 0) is 17.9 Å². The number of ether oxygens (including phenoxy) is 1. The van der Waals surface area contributed by atoms with Crippen molar-refractivity contribution in [3.05, 3.63) is 40.3 Å². The van der Waals surface area contributed by atoms with E-state index in [0.29, 0.717) is 18.0 Å². The van der Waals surface area contributed by atoms with E-state index < -0.39 is 0 Å². The second-order valence-electron chi connectivity index (χ2n) is 4.01. The Morgan fingerprint density at radius 1 is 1.56 bits per heavy atom. The molecule has 0 saturated carbocycles. The lowest BCUT2D eigenvalue weighted by Gasteiger charge is -2.07. The van der Waals surface area contributed by atoms with Gasteiger partial charge in [0.05, 0.1) is 5.69 Å². The minimum absolute atomic E-state index is 0.313.